The maximum atomic E-state index is 10.7. The van der Waals surface area contributed by atoms with E-state index in [2.05, 4.69) is 0 Å². The summed E-state index contributed by atoms with van der Waals surface area (Å²) in [5.74, 6) is -5.41. The van der Waals surface area contributed by atoms with Crippen molar-refractivity contribution in [2.75, 3.05) is 6.61 Å². The molecule has 4 unspecified atom stereocenters. The average Bonchev–Trinajstić information content (AvgIpc) is 2.31. The van der Waals surface area contributed by atoms with Crippen LogP contribution >= 0.6 is 0 Å². The quantitative estimate of drug-likeness (QED) is 0.344. The Morgan fingerprint density at radius 2 is 2.11 bits per heavy atom. The van der Waals surface area contributed by atoms with Gasteiger partial charge in [-0.15, -0.1) is 0 Å². The molecule has 0 bridgehead atoms. The number of carbonyl (C=O) groups is 1. The molecule has 0 spiro atoms. The third kappa shape index (κ3) is 2.79. The van der Waals surface area contributed by atoms with E-state index in [0.717, 1.165) is 0 Å². The Kier molecular flexibility index (Phi) is 4.65. The van der Waals surface area contributed by atoms with E-state index in [4.69, 9.17) is 9.84 Å². The van der Waals surface area contributed by atoms with Gasteiger partial charge in [-0.2, -0.15) is 0 Å². The fourth-order valence-electron chi connectivity index (χ4n) is 1.91. The Balaban J connectivity index is 2.92. The van der Waals surface area contributed by atoms with Crippen LogP contribution in [0.5, 0.6) is 0 Å². The van der Waals surface area contributed by atoms with Crippen LogP contribution in [-0.2, 0) is 9.53 Å². The van der Waals surface area contributed by atoms with E-state index in [9.17, 15) is 30.3 Å². The first-order valence-corrected chi connectivity index (χ1v) is 5.49. The van der Waals surface area contributed by atoms with Crippen LogP contribution in [0.4, 0.5) is 0 Å². The Labute approximate surface area is 103 Å². The van der Waals surface area contributed by atoms with Crippen molar-refractivity contribution < 1.29 is 40.2 Å². The van der Waals surface area contributed by atoms with Crippen molar-refractivity contribution in [3.63, 3.8) is 0 Å². The van der Waals surface area contributed by atoms with Crippen molar-refractivity contribution in [3.8, 4) is 0 Å². The number of carboxylic acids is 1. The highest BCUT2D eigenvalue weighted by molar-refractivity contribution is 5.73. The summed E-state index contributed by atoms with van der Waals surface area (Å²) >= 11 is 0. The van der Waals surface area contributed by atoms with Crippen molar-refractivity contribution in [1.29, 1.82) is 0 Å². The number of hydrogen-bond acceptors (Lipinski definition) is 8. The van der Waals surface area contributed by atoms with Gasteiger partial charge in [0, 0.05) is 12.3 Å². The molecule has 6 atom stereocenters. The van der Waals surface area contributed by atoms with Crippen molar-refractivity contribution in [1.82, 2.24) is 0 Å². The first-order valence-electron chi connectivity index (χ1n) is 5.49. The van der Waals surface area contributed by atoms with Crippen molar-refractivity contribution in [3.05, 3.63) is 0 Å². The molecule has 0 radical (unpaired) electrons. The van der Waals surface area contributed by atoms with Gasteiger partial charge in [-0.1, -0.05) is 6.92 Å². The molecule has 8 nitrogen and oxygen atoms in total. The Morgan fingerprint density at radius 3 is 2.56 bits per heavy atom. The van der Waals surface area contributed by atoms with Crippen LogP contribution in [0.2, 0.25) is 0 Å². The zero-order chi connectivity index (χ0) is 14.1. The van der Waals surface area contributed by atoms with Crippen LogP contribution in [0, 0.1) is 5.92 Å². The summed E-state index contributed by atoms with van der Waals surface area (Å²) in [5.41, 5.74) is 0. The van der Waals surface area contributed by atoms with Gasteiger partial charge in [-0.25, -0.2) is 0 Å². The minimum absolute atomic E-state index is 0.602. The number of aliphatic hydroxyl groups is 5. The van der Waals surface area contributed by atoms with E-state index in [1.165, 1.54) is 6.92 Å². The number of rotatable bonds is 4. The summed E-state index contributed by atoms with van der Waals surface area (Å²) in [6, 6.07) is 0. The zero-order valence-corrected chi connectivity index (χ0v) is 9.76. The second kappa shape index (κ2) is 5.47. The van der Waals surface area contributed by atoms with Gasteiger partial charge in [0.15, 0.2) is 0 Å². The topological polar surface area (TPSA) is 151 Å². The summed E-state index contributed by atoms with van der Waals surface area (Å²) in [4.78, 5) is 10.7. The van der Waals surface area contributed by atoms with Gasteiger partial charge in [0.05, 0.1) is 18.8 Å². The molecule has 8 heteroatoms. The average molecular weight is 265 g/mol. The van der Waals surface area contributed by atoms with E-state index in [1.807, 2.05) is 0 Å². The molecule has 106 valence electrons. The third-order valence-electron chi connectivity index (χ3n) is 3.18. The van der Waals surface area contributed by atoms with Gasteiger partial charge in [-0.05, 0) is 0 Å². The normalized spacial score (nSPS) is 40.2. The number of aliphatic carboxylic acids is 1. The highest BCUT2D eigenvalue weighted by atomic mass is 16.7. The summed E-state index contributed by atoms with van der Waals surface area (Å²) in [6.07, 6.45) is -6.43. The molecule has 1 rings (SSSR count). The van der Waals surface area contributed by atoms with Gasteiger partial charge in [0.1, 0.15) is 18.2 Å². The molecule has 1 aliphatic heterocycles. The monoisotopic (exact) mass is 265 g/mol. The van der Waals surface area contributed by atoms with Crippen LogP contribution in [0.1, 0.15) is 13.3 Å². The molecule has 1 fully saturated rings. The number of carboxylic acid groups (broad SMARTS) is 1. The minimum Gasteiger partial charge on any atom is -0.544 e. The lowest BCUT2D eigenvalue weighted by Crippen LogP contribution is -2.63. The molecule has 0 aromatic rings. The molecule has 0 aromatic heterocycles. The predicted molar refractivity (Wildman–Crippen MR) is 53.7 cm³/mol. The lowest BCUT2D eigenvalue weighted by molar-refractivity contribution is -0.376. The molecule has 1 heterocycles. The first kappa shape index (κ1) is 15.3. The van der Waals surface area contributed by atoms with Gasteiger partial charge in [0.2, 0.25) is 5.79 Å². The molecular formula is C10H17O8-. The van der Waals surface area contributed by atoms with E-state index in [-0.39, 0.29) is 0 Å². The van der Waals surface area contributed by atoms with Gasteiger partial charge < -0.3 is 40.2 Å². The lowest BCUT2D eigenvalue weighted by atomic mass is 9.85. The Morgan fingerprint density at radius 1 is 1.56 bits per heavy atom. The lowest BCUT2D eigenvalue weighted by Gasteiger charge is -2.45. The fraction of sp³-hybridized carbons (Fsp3) is 0.900. The molecule has 1 saturated heterocycles. The van der Waals surface area contributed by atoms with Crippen molar-refractivity contribution >= 4 is 5.97 Å². The maximum absolute atomic E-state index is 10.7. The number of carbonyl (C=O) groups excluding carboxylic acids is 1. The van der Waals surface area contributed by atoms with Gasteiger partial charge in [-0.3, -0.25) is 0 Å². The summed E-state index contributed by atoms with van der Waals surface area (Å²) < 4.78 is 4.82. The molecule has 5 N–H and O–H groups in total. The molecule has 0 aliphatic carbocycles. The van der Waals surface area contributed by atoms with Crippen molar-refractivity contribution in [2.45, 2.75) is 43.5 Å². The SMILES string of the molecule is CC1C(O)CC(O)(C(=O)[O-])OC1[C@H](O)[C@H](O)CO. The van der Waals surface area contributed by atoms with Crippen LogP contribution < -0.4 is 5.11 Å². The fourth-order valence-corrected chi connectivity index (χ4v) is 1.91. The van der Waals surface area contributed by atoms with E-state index < -0.39 is 55.1 Å². The standard InChI is InChI=1S/C10H18O8/c1-4-5(12)2-10(17,9(15)16)18-8(4)7(14)6(13)3-11/h4-8,11-14,17H,2-3H2,1H3,(H,15,16)/p-1/t4?,5?,6-,7-,8?,10?/m1/s1. The second-order valence-corrected chi connectivity index (χ2v) is 4.53. The van der Waals surface area contributed by atoms with Crippen LogP contribution in [0.3, 0.4) is 0 Å². The number of ether oxygens (including phenoxy) is 1. The summed E-state index contributed by atoms with van der Waals surface area (Å²) in [6.45, 7) is 0.686. The predicted octanol–water partition coefficient (Wildman–Crippen LogP) is -4.08. The Hall–Kier alpha value is -0.770. The second-order valence-electron chi connectivity index (χ2n) is 4.53. The molecule has 18 heavy (non-hydrogen) atoms. The minimum atomic E-state index is -2.73. The first-order chi connectivity index (χ1) is 8.23. The largest absolute Gasteiger partial charge is 0.544 e. The summed E-state index contributed by atoms with van der Waals surface area (Å²) in [5, 5.41) is 57.7. The number of hydrogen-bond donors (Lipinski definition) is 5. The highest BCUT2D eigenvalue weighted by Gasteiger charge is 2.48. The van der Waals surface area contributed by atoms with E-state index in [1.54, 1.807) is 0 Å². The molecule has 1 aliphatic rings. The number of aliphatic hydroxyl groups excluding tert-OH is 4. The van der Waals surface area contributed by atoms with E-state index in [0.29, 0.717) is 0 Å². The third-order valence-corrected chi connectivity index (χ3v) is 3.18. The molecule has 0 amide bonds. The molecule has 0 saturated carbocycles. The Bertz CT molecular complexity index is 308. The van der Waals surface area contributed by atoms with Crippen molar-refractivity contribution in [2.24, 2.45) is 5.92 Å². The smallest absolute Gasteiger partial charge is 0.209 e. The van der Waals surface area contributed by atoms with E-state index >= 15 is 0 Å². The molecule has 0 aromatic carbocycles. The zero-order valence-electron chi connectivity index (χ0n) is 9.76. The van der Waals surface area contributed by atoms with Gasteiger partial charge in [0.25, 0.3) is 0 Å². The highest BCUT2D eigenvalue weighted by Crippen LogP contribution is 2.33. The maximum Gasteiger partial charge on any atom is 0.209 e. The van der Waals surface area contributed by atoms with Crippen LogP contribution in [-0.4, -0.2) is 68.3 Å². The van der Waals surface area contributed by atoms with Crippen LogP contribution in [0.15, 0.2) is 0 Å². The molecular weight excluding hydrogens is 248 g/mol. The summed E-state index contributed by atoms with van der Waals surface area (Å²) in [7, 11) is 0. The van der Waals surface area contributed by atoms with Gasteiger partial charge >= 0.3 is 0 Å². The van der Waals surface area contributed by atoms with Crippen LogP contribution in [0.25, 0.3) is 0 Å².